The zero-order chi connectivity index (χ0) is 21.0. The molecule has 1 N–H and O–H groups in total. The number of carbonyl (C=O) groups is 1. The van der Waals surface area contributed by atoms with Gasteiger partial charge in [-0.05, 0) is 23.8 Å². The second-order valence-corrected chi connectivity index (χ2v) is 9.80. The van der Waals surface area contributed by atoms with Crippen LogP contribution in [0.1, 0.15) is 22.8 Å². The average molecular weight is 471 g/mol. The summed E-state index contributed by atoms with van der Waals surface area (Å²) in [5, 5.41) is 10.7. The minimum absolute atomic E-state index is 0.0513. The van der Waals surface area contributed by atoms with Gasteiger partial charge in [0.15, 0.2) is 0 Å². The summed E-state index contributed by atoms with van der Waals surface area (Å²) >= 11 is 12.6. The third-order valence-electron chi connectivity index (χ3n) is 3.92. The molecule has 0 bridgehead atoms. The zero-order valence-electron chi connectivity index (χ0n) is 15.2. The Hall–Kier alpha value is -2.04. The monoisotopic (exact) mass is 470 g/mol. The van der Waals surface area contributed by atoms with Crippen molar-refractivity contribution >= 4 is 55.6 Å². The molecule has 1 heterocycles. The quantitative estimate of drug-likeness (QED) is 0.519. The van der Waals surface area contributed by atoms with Crippen LogP contribution in [0.5, 0.6) is 0 Å². The molecule has 0 saturated heterocycles. The van der Waals surface area contributed by atoms with Crippen LogP contribution in [0.2, 0.25) is 10.0 Å². The molecule has 0 radical (unpaired) electrons. The van der Waals surface area contributed by atoms with Crippen molar-refractivity contribution < 1.29 is 13.2 Å². The first-order valence-electron chi connectivity index (χ1n) is 8.45. The fourth-order valence-corrected chi connectivity index (χ4v) is 5.43. The molecule has 29 heavy (non-hydrogen) atoms. The molecule has 3 rings (SSSR count). The third kappa shape index (κ3) is 5.12. The maximum absolute atomic E-state index is 12.9. The van der Waals surface area contributed by atoms with Crippen LogP contribution in [0.25, 0.3) is 0 Å². The highest BCUT2D eigenvalue weighted by molar-refractivity contribution is 7.91. The Morgan fingerprint density at radius 3 is 2.52 bits per heavy atom. The Morgan fingerprint density at radius 2 is 1.86 bits per heavy atom. The highest BCUT2D eigenvalue weighted by atomic mass is 35.5. The topological polar surface area (TPSA) is 92.3 Å². The van der Waals surface area contributed by atoms with Gasteiger partial charge in [0.05, 0.1) is 10.6 Å². The Morgan fingerprint density at radius 1 is 1.14 bits per heavy atom. The van der Waals surface area contributed by atoms with E-state index in [1.54, 1.807) is 6.92 Å². The van der Waals surface area contributed by atoms with Crippen LogP contribution in [0.15, 0.2) is 52.9 Å². The molecule has 0 atom stereocenters. The molecular weight excluding hydrogens is 455 g/mol. The molecule has 0 fully saturated rings. The Kier molecular flexibility index (Phi) is 6.86. The summed E-state index contributed by atoms with van der Waals surface area (Å²) in [5.74, 6) is -0.539. The maximum Gasteiger partial charge on any atom is 0.272 e. The summed E-state index contributed by atoms with van der Waals surface area (Å²) < 4.78 is 26.9. The summed E-state index contributed by atoms with van der Waals surface area (Å²) in [6.45, 7) is 2.22. The van der Waals surface area contributed by atoms with Gasteiger partial charge in [0.25, 0.3) is 15.9 Å². The molecule has 0 unspecified atom stereocenters. The SMILES string of the molecule is CCN(Cc1ccccc1)S(=O)(=O)c1nnc(NC(=O)c2ccc(Cl)cc2Cl)s1. The number of rotatable bonds is 7. The van der Waals surface area contributed by atoms with Gasteiger partial charge in [-0.2, -0.15) is 4.31 Å². The number of sulfonamides is 1. The largest absolute Gasteiger partial charge is 0.296 e. The van der Waals surface area contributed by atoms with E-state index >= 15 is 0 Å². The number of anilines is 1. The van der Waals surface area contributed by atoms with E-state index in [9.17, 15) is 13.2 Å². The van der Waals surface area contributed by atoms with Crippen molar-refractivity contribution in [2.45, 2.75) is 17.8 Å². The molecule has 2 aromatic carbocycles. The number of aromatic nitrogens is 2. The predicted molar refractivity (Wildman–Crippen MR) is 114 cm³/mol. The van der Waals surface area contributed by atoms with E-state index < -0.39 is 15.9 Å². The second-order valence-electron chi connectivity index (χ2n) is 5.87. The van der Waals surface area contributed by atoms with Crippen LogP contribution >= 0.6 is 34.5 Å². The molecule has 7 nitrogen and oxygen atoms in total. The molecule has 1 aromatic heterocycles. The molecular formula is C18H16Cl2N4O3S2. The van der Waals surface area contributed by atoms with Gasteiger partial charge in [0, 0.05) is 18.1 Å². The molecule has 152 valence electrons. The first kappa shape index (κ1) is 21.7. The first-order chi connectivity index (χ1) is 13.8. The number of benzene rings is 2. The lowest BCUT2D eigenvalue weighted by atomic mass is 10.2. The van der Waals surface area contributed by atoms with Gasteiger partial charge in [-0.3, -0.25) is 10.1 Å². The van der Waals surface area contributed by atoms with Crippen molar-refractivity contribution in [3.63, 3.8) is 0 Å². The van der Waals surface area contributed by atoms with E-state index in [2.05, 4.69) is 15.5 Å². The number of amides is 1. The number of halogens is 2. The summed E-state index contributed by atoms with van der Waals surface area (Å²) in [6, 6.07) is 13.7. The average Bonchev–Trinajstić information content (AvgIpc) is 3.16. The minimum Gasteiger partial charge on any atom is -0.296 e. The van der Waals surface area contributed by atoms with Crippen molar-refractivity contribution in [3.05, 3.63) is 69.7 Å². The smallest absolute Gasteiger partial charge is 0.272 e. The molecule has 3 aromatic rings. The van der Waals surface area contributed by atoms with Gasteiger partial charge in [-0.1, -0.05) is 71.8 Å². The van der Waals surface area contributed by atoms with Crippen LogP contribution in [-0.4, -0.2) is 35.4 Å². The number of nitrogens with zero attached hydrogens (tertiary/aromatic N) is 3. The van der Waals surface area contributed by atoms with Crippen LogP contribution in [0, 0.1) is 0 Å². The van der Waals surface area contributed by atoms with Crippen molar-refractivity contribution in [2.24, 2.45) is 0 Å². The van der Waals surface area contributed by atoms with E-state index in [0.29, 0.717) is 5.02 Å². The van der Waals surface area contributed by atoms with Crippen molar-refractivity contribution in [2.75, 3.05) is 11.9 Å². The summed E-state index contributed by atoms with van der Waals surface area (Å²) in [7, 11) is -3.86. The normalized spacial score (nSPS) is 11.6. The summed E-state index contributed by atoms with van der Waals surface area (Å²) in [5.41, 5.74) is 1.04. The fourth-order valence-electron chi connectivity index (χ4n) is 2.47. The van der Waals surface area contributed by atoms with E-state index in [0.717, 1.165) is 16.9 Å². The fraction of sp³-hybridized carbons (Fsp3) is 0.167. The number of carbonyl (C=O) groups excluding carboxylic acids is 1. The predicted octanol–water partition coefficient (Wildman–Crippen LogP) is 4.31. The maximum atomic E-state index is 12.9. The standard InChI is InChI=1S/C18H16Cl2N4O3S2/c1-2-24(11-12-6-4-3-5-7-12)29(26,27)18-23-22-17(28-18)21-16(25)14-9-8-13(19)10-15(14)20/h3-10H,2,11H2,1H3,(H,21,22,25). The number of hydrogen-bond donors (Lipinski definition) is 1. The van der Waals surface area contributed by atoms with Crippen molar-refractivity contribution in [1.82, 2.24) is 14.5 Å². The third-order valence-corrected chi connectivity index (χ3v) is 7.57. The van der Waals surface area contributed by atoms with Gasteiger partial charge in [0.2, 0.25) is 9.47 Å². The molecule has 0 aliphatic carbocycles. The zero-order valence-corrected chi connectivity index (χ0v) is 18.3. The van der Waals surface area contributed by atoms with Crippen LogP contribution in [0.3, 0.4) is 0 Å². The highest BCUT2D eigenvalue weighted by Crippen LogP contribution is 2.26. The molecule has 0 aliphatic rings. The summed E-state index contributed by atoms with van der Waals surface area (Å²) in [4.78, 5) is 12.4. The van der Waals surface area contributed by atoms with Crippen molar-refractivity contribution in [1.29, 1.82) is 0 Å². The van der Waals surface area contributed by atoms with Crippen LogP contribution < -0.4 is 5.32 Å². The molecule has 1 amide bonds. The lowest BCUT2D eigenvalue weighted by Crippen LogP contribution is -2.30. The van der Waals surface area contributed by atoms with Crippen LogP contribution in [-0.2, 0) is 16.6 Å². The number of hydrogen-bond acceptors (Lipinski definition) is 6. The lowest BCUT2D eigenvalue weighted by Gasteiger charge is -2.18. The van der Waals surface area contributed by atoms with E-state index in [1.807, 2.05) is 30.3 Å². The molecule has 11 heteroatoms. The molecule has 0 aliphatic heterocycles. The van der Waals surface area contributed by atoms with Crippen LogP contribution in [0.4, 0.5) is 5.13 Å². The number of nitrogens with one attached hydrogen (secondary N) is 1. The van der Waals surface area contributed by atoms with E-state index in [1.165, 1.54) is 22.5 Å². The highest BCUT2D eigenvalue weighted by Gasteiger charge is 2.28. The minimum atomic E-state index is -3.86. The Balaban J connectivity index is 1.77. The van der Waals surface area contributed by atoms with E-state index in [4.69, 9.17) is 23.2 Å². The second kappa shape index (κ2) is 9.19. The Bertz CT molecular complexity index is 1120. The van der Waals surface area contributed by atoms with Crippen molar-refractivity contribution in [3.8, 4) is 0 Å². The summed E-state index contributed by atoms with van der Waals surface area (Å²) in [6.07, 6.45) is 0. The van der Waals surface area contributed by atoms with Gasteiger partial charge < -0.3 is 0 Å². The van der Waals surface area contributed by atoms with Gasteiger partial charge in [-0.25, -0.2) is 8.42 Å². The van der Waals surface area contributed by atoms with E-state index in [-0.39, 0.29) is 33.1 Å². The Labute approximate surface area is 182 Å². The van der Waals surface area contributed by atoms with Gasteiger partial charge >= 0.3 is 0 Å². The molecule has 0 spiro atoms. The lowest BCUT2D eigenvalue weighted by molar-refractivity contribution is 0.102. The molecule has 0 saturated carbocycles. The van der Waals surface area contributed by atoms with Gasteiger partial charge in [0.1, 0.15) is 0 Å². The first-order valence-corrected chi connectivity index (χ1v) is 11.5. The van der Waals surface area contributed by atoms with Gasteiger partial charge in [-0.15, -0.1) is 10.2 Å².